The van der Waals surface area contributed by atoms with Gasteiger partial charge in [-0.25, -0.2) is 0 Å². The minimum absolute atomic E-state index is 0.0106. The van der Waals surface area contributed by atoms with Crippen LogP contribution in [0.25, 0.3) is 0 Å². The largest absolute Gasteiger partial charge is 0.495 e. The highest BCUT2D eigenvalue weighted by atomic mass is 35.5. The maximum absolute atomic E-state index is 11.3. The molecule has 0 saturated carbocycles. The van der Waals surface area contributed by atoms with Gasteiger partial charge in [0.25, 0.3) is 0 Å². The molecular weight excluding hydrogens is 252 g/mol. The van der Waals surface area contributed by atoms with Gasteiger partial charge < -0.3 is 15.4 Å². The molecule has 18 heavy (non-hydrogen) atoms. The second-order valence-electron chi connectivity index (χ2n) is 3.92. The molecule has 0 spiro atoms. The summed E-state index contributed by atoms with van der Waals surface area (Å²) in [5.74, 6) is 0.664. The van der Waals surface area contributed by atoms with E-state index >= 15 is 0 Å². The molecule has 2 N–H and O–H groups in total. The van der Waals surface area contributed by atoms with Gasteiger partial charge in [0.2, 0.25) is 5.91 Å². The Kier molecular flexibility index (Phi) is 6.54. The Morgan fingerprint density at radius 2 is 2.22 bits per heavy atom. The predicted molar refractivity (Wildman–Crippen MR) is 73.0 cm³/mol. The van der Waals surface area contributed by atoms with Crippen molar-refractivity contribution in [2.75, 3.05) is 20.2 Å². The number of rotatable bonds is 7. The minimum Gasteiger partial charge on any atom is -0.495 e. The summed E-state index contributed by atoms with van der Waals surface area (Å²) in [5.41, 5.74) is 1.02. The van der Waals surface area contributed by atoms with E-state index in [1.807, 2.05) is 25.1 Å². The van der Waals surface area contributed by atoms with Gasteiger partial charge in [-0.15, -0.1) is 0 Å². The van der Waals surface area contributed by atoms with Crippen LogP contribution in [0, 0.1) is 0 Å². The third-order valence-corrected chi connectivity index (χ3v) is 2.70. The predicted octanol–water partition coefficient (Wildman–Crippen LogP) is 1.96. The third-order valence-electron chi connectivity index (χ3n) is 2.40. The number of amides is 1. The number of halogens is 1. The van der Waals surface area contributed by atoms with Crippen LogP contribution in [0.2, 0.25) is 5.02 Å². The highest BCUT2D eigenvalue weighted by molar-refractivity contribution is 6.32. The SMILES string of the molecule is CCCNC(=O)CNCc1ccc(OC)c(Cl)c1. The van der Waals surface area contributed by atoms with Crippen molar-refractivity contribution in [2.24, 2.45) is 0 Å². The molecule has 0 aromatic heterocycles. The zero-order chi connectivity index (χ0) is 13.4. The summed E-state index contributed by atoms with van der Waals surface area (Å²) >= 11 is 6.01. The summed E-state index contributed by atoms with van der Waals surface area (Å²) in [4.78, 5) is 11.3. The summed E-state index contributed by atoms with van der Waals surface area (Å²) < 4.78 is 5.07. The average molecular weight is 271 g/mol. The van der Waals surface area contributed by atoms with Crippen molar-refractivity contribution in [1.82, 2.24) is 10.6 Å². The number of carbonyl (C=O) groups is 1. The van der Waals surface area contributed by atoms with Crippen molar-refractivity contribution in [3.63, 3.8) is 0 Å². The van der Waals surface area contributed by atoms with E-state index in [4.69, 9.17) is 16.3 Å². The number of methoxy groups -OCH3 is 1. The number of hydrogen-bond acceptors (Lipinski definition) is 3. The fourth-order valence-electron chi connectivity index (χ4n) is 1.47. The van der Waals surface area contributed by atoms with Crippen molar-refractivity contribution < 1.29 is 9.53 Å². The van der Waals surface area contributed by atoms with Gasteiger partial charge in [0.05, 0.1) is 18.7 Å². The van der Waals surface area contributed by atoms with Crippen LogP contribution in [-0.2, 0) is 11.3 Å². The van der Waals surface area contributed by atoms with Gasteiger partial charge in [0, 0.05) is 13.1 Å². The van der Waals surface area contributed by atoms with E-state index < -0.39 is 0 Å². The van der Waals surface area contributed by atoms with E-state index in [1.54, 1.807) is 7.11 Å². The normalized spacial score (nSPS) is 10.2. The Hall–Kier alpha value is -1.26. The molecule has 0 heterocycles. The molecule has 0 aliphatic rings. The molecule has 0 aliphatic carbocycles. The van der Waals surface area contributed by atoms with Gasteiger partial charge in [-0.3, -0.25) is 4.79 Å². The molecule has 0 atom stereocenters. The van der Waals surface area contributed by atoms with Gasteiger partial charge in [-0.05, 0) is 24.1 Å². The Bertz CT molecular complexity index is 397. The lowest BCUT2D eigenvalue weighted by Gasteiger charge is -2.08. The van der Waals surface area contributed by atoms with Crippen molar-refractivity contribution >= 4 is 17.5 Å². The molecule has 1 amide bonds. The molecule has 4 nitrogen and oxygen atoms in total. The Morgan fingerprint density at radius 3 is 2.83 bits per heavy atom. The molecule has 0 unspecified atom stereocenters. The van der Waals surface area contributed by atoms with Gasteiger partial charge in [0.1, 0.15) is 5.75 Å². The van der Waals surface area contributed by atoms with E-state index in [1.165, 1.54) is 0 Å². The summed E-state index contributed by atoms with van der Waals surface area (Å²) in [7, 11) is 1.58. The van der Waals surface area contributed by atoms with E-state index in [0.29, 0.717) is 23.9 Å². The Labute approximate surface area is 113 Å². The first-order valence-corrected chi connectivity index (χ1v) is 6.35. The van der Waals surface area contributed by atoms with Crippen LogP contribution in [0.15, 0.2) is 18.2 Å². The number of ether oxygens (including phenoxy) is 1. The Morgan fingerprint density at radius 1 is 1.44 bits per heavy atom. The second kappa shape index (κ2) is 7.95. The second-order valence-corrected chi connectivity index (χ2v) is 4.33. The van der Waals surface area contributed by atoms with E-state index in [2.05, 4.69) is 10.6 Å². The van der Waals surface area contributed by atoms with Crippen LogP contribution in [0.3, 0.4) is 0 Å². The monoisotopic (exact) mass is 270 g/mol. The van der Waals surface area contributed by atoms with E-state index in [0.717, 1.165) is 18.5 Å². The summed E-state index contributed by atoms with van der Waals surface area (Å²) in [6.07, 6.45) is 0.944. The van der Waals surface area contributed by atoms with Crippen molar-refractivity contribution in [2.45, 2.75) is 19.9 Å². The standard InChI is InChI=1S/C13H19ClN2O2/c1-3-6-16-13(17)9-15-8-10-4-5-12(18-2)11(14)7-10/h4-5,7,15H,3,6,8-9H2,1-2H3,(H,16,17). The quantitative estimate of drug-likeness (QED) is 0.796. The van der Waals surface area contributed by atoms with Crippen molar-refractivity contribution in [3.8, 4) is 5.75 Å². The molecular formula is C13H19ClN2O2. The van der Waals surface area contributed by atoms with Crippen LogP contribution < -0.4 is 15.4 Å². The zero-order valence-electron chi connectivity index (χ0n) is 10.8. The average Bonchev–Trinajstić information content (AvgIpc) is 2.36. The van der Waals surface area contributed by atoms with E-state index in [-0.39, 0.29) is 5.91 Å². The van der Waals surface area contributed by atoms with E-state index in [9.17, 15) is 4.79 Å². The molecule has 0 bridgehead atoms. The van der Waals surface area contributed by atoms with Crippen molar-refractivity contribution in [1.29, 1.82) is 0 Å². The first-order valence-electron chi connectivity index (χ1n) is 5.97. The highest BCUT2D eigenvalue weighted by Crippen LogP contribution is 2.24. The third kappa shape index (κ3) is 4.94. The minimum atomic E-state index is 0.0106. The number of nitrogens with one attached hydrogen (secondary N) is 2. The van der Waals surface area contributed by atoms with Crippen LogP contribution in [0.4, 0.5) is 0 Å². The van der Waals surface area contributed by atoms with Crippen LogP contribution in [0.5, 0.6) is 5.75 Å². The number of benzene rings is 1. The van der Waals surface area contributed by atoms with Crippen molar-refractivity contribution in [3.05, 3.63) is 28.8 Å². The lowest BCUT2D eigenvalue weighted by atomic mass is 10.2. The summed E-state index contributed by atoms with van der Waals surface area (Å²) in [5, 5.41) is 6.44. The first kappa shape index (κ1) is 14.8. The fraction of sp³-hybridized carbons (Fsp3) is 0.462. The zero-order valence-corrected chi connectivity index (χ0v) is 11.5. The fourth-order valence-corrected chi connectivity index (χ4v) is 1.75. The molecule has 0 saturated heterocycles. The first-order chi connectivity index (χ1) is 8.67. The number of hydrogen-bond donors (Lipinski definition) is 2. The molecule has 5 heteroatoms. The molecule has 1 aromatic rings. The lowest BCUT2D eigenvalue weighted by Crippen LogP contribution is -2.33. The molecule has 0 aliphatic heterocycles. The van der Waals surface area contributed by atoms with Gasteiger partial charge in [-0.2, -0.15) is 0 Å². The smallest absolute Gasteiger partial charge is 0.233 e. The summed E-state index contributed by atoms with van der Waals surface area (Å²) in [6, 6.07) is 5.56. The molecule has 1 aromatic carbocycles. The number of carbonyl (C=O) groups excluding carboxylic acids is 1. The lowest BCUT2D eigenvalue weighted by molar-refractivity contribution is -0.120. The molecule has 0 fully saturated rings. The topological polar surface area (TPSA) is 50.4 Å². The highest BCUT2D eigenvalue weighted by Gasteiger charge is 2.03. The molecule has 1 rings (SSSR count). The molecule has 100 valence electrons. The summed E-state index contributed by atoms with van der Waals surface area (Å²) in [6.45, 7) is 3.65. The maximum atomic E-state index is 11.3. The van der Waals surface area contributed by atoms with Crippen LogP contribution in [0.1, 0.15) is 18.9 Å². The maximum Gasteiger partial charge on any atom is 0.233 e. The van der Waals surface area contributed by atoms with Crippen LogP contribution >= 0.6 is 11.6 Å². The van der Waals surface area contributed by atoms with Gasteiger partial charge in [0.15, 0.2) is 0 Å². The Balaban J connectivity index is 2.35. The van der Waals surface area contributed by atoms with Crippen LogP contribution in [-0.4, -0.2) is 26.1 Å². The van der Waals surface area contributed by atoms with Gasteiger partial charge in [-0.1, -0.05) is 24.6 Å². The molecule has 0 radical (unpaired) electrons. The van der Waals surface area contributed by atoms with Gasteiger partial charge >= 0.3 is 0 Å².